The number of carbonyl (C=O) groups excluding carboxylic acids is 3. The Morgan fingerprint density at radius 3 is 2.14 bits per heavy atom. The van der Waals surface area contributed by atoms with Crippen LogP contribution in [-0.2, 0) is 14.3 Å². The van der Waals surface area contributed by atoms with E-state index in [1.165, 1.54) is 11.8 Å². The lowest BCUT2D eigenvalue weighted by Gasteiger charge is -2.34. The zero-order valence-electron chi connectivity index (χ0n) is 17.0. The molecule has 0 aromatic heterocycles. The van der Waals surface area contributed by atoms with Crippen LogP contribution in [0.15, 0.2) is 58.3 Å². The van der Waals surface area contributed by atoms with Gasteiger partial charge < -0.3 is 4.74 Å². The number of aryl methyl sites for hydroxylation is 1. The third kappa shape index (κ3) is 5.17. The Bertz CT molecular complexity index is 917. The highest BCUT2D eigenvalue weighted by molar-refractivity contribution is 7.99. The fraction of sp³-hybridized carbons (Fsp3) is 0.318. The fourth-order valence-corrected chi connectivity index (χ4v) is 3.79. The molecule has 1 fully saturated rings. The van der Waals surface area contributed by atoms with Crippen LogP contribution in [0.4, 0.5) is 10.5 Å². The number of amides is 3. The summed E-state index contributed by atoms with van der Waals surface area (Å²) in [4.78, 5) is 41.9. The molecule has 152 valence electrons. The lowest BCUT2D eigenvalue weighted by atomic mass is 10.2. The van der Waals surface area contributed by atoms with Gasteiger partial charge in [-0.25, -0.2) is 9.69 Å². The first-order valence-electron chi connectivity index (χ1n) is 9.31. The highest BCUT2D eigenvalue weighted by Crippen LogP contribution is 2.36. The van der Waals surface area contributed by atoms with Gasteiger partial charge in [-0.1, -0.05) is 41.6 Å². The van der Waals surface area contributed by atoms with Crippen LogP contribution < -0.4 is 4.90 Å². The Morgan fingerprint density at radius 2 is 1.55 bits per heavy atom. The van der Waals surface area contributed by atoms with Gasteiger partial charge >= 0.3 is 6.09 Å². The minimum absolute atomic E-state index is 0.204. The predicted octanol–water partition coefficient (Wildman–Crippen LogP) is 4.26. The van der Waals surface area contributed by atoms with Crippen LogP contribution in [0.25, 0.3) is 0 Å². The number of hydrogen-bond donors (Lipinski definition) is 0. The molecule has 1 aliphatic heterocycles. The SMILES string of the molecule is Cc1ccc(Sc2ccccc2N2C(=O)CN(C(=O)OC(C)(C)C)CC2=O)cc1. The molecule has 0 radical (unpaired) electrons. The summed E-state index contributed by atoms with van der Waals surface area (Å²) < 4.78 is 5.29. The van der Waals surface area contributed by atoms with Gasteiger partial charge in [-0.15, -0.1) is 0 Å². The molecule has 0 bridgehead atoms. The van der Waals surface area contributed by atoms with Crippen molar-refractivity contribution in [1.82, 2.24) is 4.90 Å². The van der Waals surface area contributed by atoms with E-state index in [-0.39, 0.29) is 13.1 Å². The Hall–Kier alpha value is -2.80. The Kier molecular flexibility index (Phi) is 5.98. The van der Waals surface area contributed by atoms with Crippen molar-refractivity contribution in [1.29, 1.82) is 0 Å². The summed E-state index contributed by atoms with van der Waals surface area (Å²) in [6, 6.07) is 15.3. The molecule has 7 heteroatoms. The van der Waals surface area contributed by atoms with Crippen LogP contribution in [0.2, 0.25) is 0 Å². The molecule has 6 nitrogen and oxygen atoms in total. The number of benzene rings is 2. The van der Waals surface area contributed by atoms with E-state index in [4.69, 9.17) is 4.74 Å². The van der Waals surface area contributed by atoms with E-state index in [2.05, 4.69) is 0 Å². The highest BCUT2D eigenvalue weighted by atomic mass is 32.2. The average Bonchev–Trinajstić information content (AvgIpc) is 2.63. The third-order valence-electron chi connectivity index (χ3n) is 4.16. The monoisotopic (exact) mass is 412 g/mol. The van der Waals surface area contributed by atoms with Crippen LogP contribution in [-0.4, -0.2) is 41.5 Å². The van der Waals surface area contributed by atoms with Crippen LogP contribution in [0.5, 0.6) is 0 Å². The van der Waals surface area contributed by atoms with E-state index < -0.39 is 23.5 Å². The van der Waals surface area contributed by atoms with Gasteiger partial charge in [0.25, 0.3) is 11.8 Å². The van der Waals surface area contributed by atoms with Crippen molar-refractivity contribution in [2.75, 3.05) is 18.0 Å². The van der Waals surface area contributed by atoms with Crippen molar-refractivity contribution < 1.29 is 19.1 Å². The first-order chi connectivity index (χ1) is 13.6. The third-order valence-corrected chi connectivity index (χ3v) is 5.23. The second kappa shape index (κ2) is 8.29. The molecule has 0 saturated carbocycles. The lowest BCUT2D eigenvalue weighted by Crippen LogP contribution is -2.56. The molecule has 3 amide bonds. The maximum atomic E-state index is 12.8. The molecule has 1 saturated heterocycles. The summed E-state index contributed by atoms with van der Waals surface area (Å²) in [5, 5.41) is 0. The van der Waals surface area contributed by atoms with Crippen molar-refractivity contribution in [2.45, 2.75) is 43.1 Å². The molecule has 0 aliphatic carbocycles. The number of carbonyl (C=O) groups is 3. The van der Waals surface area contributed by atoms with Gasteiger partial charge in [0.15, 0.2) is 0 Å². The minimum Gasteiger partial charge on any atom is -0.444 e. The summed E-state index contributed by atoms with van der Waals surface area (Å²) >= 11 is 1.48. The molecule has 1 heterocycles. The number of para-hydroxylation sites is 1. The van der Waals surface area contributed by atoms with E-state index in [1.807, 2.05) is 43.3 Å². The van der Waals surface area contributed by atoms with Crippen LogP contribution in [0.3, 0.4) is 0 Å². The molecule has 1 aliphatic rings. The first-order valence-corrected chi connectivity index (χ1v) is 10.1. The standard InChI is InChI=1S/C22H24N2O4S/c1-15-9-11-16(12-10-15)29-18-8-6-5-7-17(18)24-19(25)13-23(14-20(24)26)21(27)28-22(2,3)4/h5-12H,13-14H2,1-4H3. The minimum atomic E-state index is -0.697. The summed E-state index contributed by atoms with van der Waals surface area (Å²) in [7, 11) is 0. The lowest BCUT2D eigenvalue weighted by molar-refractivity contribution is -0.131. The second-order valence-corrected chi connectivity index (χ2v) is 8.96. The van der Waals surface area contributed by atoms with Gasteiger partial charge in [0.05, 0.1) is 5.69 Å². The van der Waals surface area contributed by atoms with Crippen LogP contribution >= 0.6 is 11.8 Å². The van der Waals surface area contributed by atoms with E-state index in [9.17, 15) is 14.4 Å². The molecule has 0 N–H and O–H groups in total. The predicted molar refractivity (Wildman–Crippen MR) is 112 cm³/mol. The van der Waals surface area contributed by atoms with Crippen molar-refractivity contribution in [2.24, 2.45) is 0 Å². The van der Waals surface area contributed by atoms with Gasteiger partial charge in [-0.3, -0.25) is 14.5 Å². The molecule has 0 spiro atoms. The Balaban J connectivity index is 1.81. The largest absolute Gasteiger partial charge is 0.444 e. The van der Waals surface area contributed by atoms with Gasteiger partial charge in [0.1, 0.15) is 18.7 Å². The quantitative estimate of drug-likeness (QED) is 0.705. The number of hydrogen-bond acceptors (Lipinski definition) is 5. The summed E-state index contributed by atoms with van der Waals surface area (Å²) in [6.07, 6.45) is -0.666. The second-order valence-electron chi connectivity index (χ2n) is 7.84. The Morgan fingerprint density at radius 1 is 0.966 bits per heavy atom. The van der Waals surface area contributed by atoms with E-state index in [1.54, 1.807) is 32.9 Å². The Labute approximate surface area is 174 Å². The molecule has 0 atom stereocenters. The number of piperazine rings is 1. The van der Waals surface area contributed by atoms with Gasteiger partial charge in [0.2, 0.25) is 0 Å². The molecule has 2 aromatic carbocycles. The van der Waals surface area contributed by atoms with E-state index in [0.29, 0.717) is 5.69 Å². The van der Waals surface area contributed by atoms with Gasteiger partial charge in [-0.2, -0.15) is 0 Å². The maximum absolute atomic E-state index is 12.8. The van der Waals surface area contributed by atoms with Crippen molar-refractivity contribution in [3.63, 3.8) is 0 Å². The zero-order valence-corrected chi connectivity index (χ0v) is 17.8. The zero-order chi connectivity index (χ0) is 21.2. The number of anilines is 1. The highest BCUT2D eigenvalue weighted by Gasteiger charge is 2.37. The maximum Gasteiger partial charge on any atom is 0.411 e. The van der Waals surface area contributed by atoms with Crippen LogP contribution in [0, 0.1) is 6.92 Å². The smallest absolute Gasteiger partial charge is 0.411 e. The molecule has 29 heavy (non-hydrogen) atoms. The summed E-state index contributed by atoms with van der Waals surface area (Å²) in [5.74, 6) is -0.909. The number of rotatable bonds is 3. The van der Waals surface area contributed by atoms with Crippen LogP contribution in [0.1, 0.15) is 26.3 Å². The van der Waals surface area contributed by atoms with Crippen molar-refractivity contribution in [3.05, 3.63) is 54.1 Å². The summed E-state index contributed by atoms with van der Waals surface area (Å²) in [5.41, 5.74) is 0.987. The van der Waals surface area contributed by atoms with Gasteiger partial charge in [-0.05, 0) is 52.0 Å². The average molecular weight is 413 g/mol. The molecular weight excluding hydrogens is 388 g/mol. The number of ether oxygens (including phenoxy) is 1. The normalized spacial score (nSPS) is 14.9. The fourth-order valence-electron chi connectivity index (χ4n) is 2.85. The number of imide groups is 1. The topological polar surface area (TPSA) is 66.9 Å². The molecule has 0 unspecified atom stereocenters. The molecule has 3 rings (SSSR count). The van der Waals surface area contributed by atoms with Crippen molar-refractivity contribution >= 4 is 35.4 Å². The summed E-state index contributed by atoms with van der Waals surface area (Å²) in [6.45, 7) is 6.83. The van der Waals surface area contributed by atoms with E-state index >= 15 is 0 Å². The van der Waals surface area contributed by atoms with Gasteiger partial charge in [0, 0.05) is 9.79 Å². The first kappa shape index (κ1) is 20.9. The van der Waals surface area contributed by atoms with Crippen molar-refractivity contribution in [3.8, 4) is 0 Å². The molecular formula is C22H24N2O4S. The number of nitrogens with zero attached hydrogens (tertiary/aromatic N) is 2. The molecule has 2 aromatic rings. The van der Waals surface area contributed by atoms with E-state index in [0.717, 1.165) is 25.2 Å².